The molecule has 0 saturated heterocycles. The molecule has 2 amide bonds. The van der Waals surface area contributed by atoms with Gasteiger partial charge in [-0.05, 0) is 38.5 Å². The van der Waals surface area contributed by atoms with Crippen molar-refractivity contribution in [2.45, 2.75) is 39.3 Å². The average Bonchev–Trinajstić information content (AvgIpc) is 2.81. The van der Waals surface area contributed by atoms with Crippen LogP contribution in [0.1, 0.15) is 37.6 Å². The van der Waals surface area contributed by atoms with Crippen LogP contribution in [0.3, 0.4) is 0 Å². The fraction of sp³-hybridized carbons (Fsp3) is 0.292. The molecular weight excluding hydrogens is 404 g/mol. The Hall–Kier alpha value is -3.81. The Labute approximate surface area is 187 Å². The lowest BCUT2D eigenvalue weighted by Gasteiger charge is -2.42. The zero-order valence-corrected chi connectivity index (χ0v) is 18.6. The van der Waals surface area contributed by atoms with Crippen molar-refractivity contribution in [3.05, 3.63) is 60.6 Å². The van der Waals surface area contributed by atoms with Gasteiger partial charge in [-0.2, -0.15) is 0 Å². The molecule has 4 rings (SSSR count). The molecule has 2 aromatic heterocycles. The predicted molar refractivity (Wildman–Crippen MR) is 125 cm³/mol. The first-order valence-corrected chi connectivity index (χ1v) is 10.7. The number of hydrogen-bond acceptors (Lipinski definition) is 6. The van der Waals surface area contributed by atoms with E-state index < -0.39 is 0 Å². The van der Waals surface area contributed by atoms with Gasteiger partial charge in [0.2, 0.25) is 5.91 Å². The number of amides is 2. The number of rotatable bonds is 5. The Morgan fingerprint density at radius 3 is 2.59 bits per heavy atom. The molecule has 0 unspecified atom stereocenters. The molecule has 1 aliphatic rings. The molecule has 0 spiro atoms. The minimum atomic E-state index is -0.287. The highest BCUT2D eigenvalue weighted by molar-refractivity contribution is 6.06. The van der Waals surface area contributed by atoms with Gasteiger partial charge in [0.1, 0.15) is 11.7 Å². The van der Waals surface area contributed by atoms with Crippen molar-refractivity contribution in [1.29, 1.82) is 0 Å². The number of nitrogens with zero attached hydrogens (tertiary/aromatic N) is 5. The minimum Gasteiger partial charge on any atom is -0.340 e. The van der Waals surface area contributed by atoms with Gasteiger partial charge in [0, 0.05) is 30.4 Å². The largest absolute Gasteiger partial charge is 0.340 e. The molecule has 8 heteroatoms. The third kappa shape index (κ3) is 3.79. The van der Waals surface area contributed by atoms with Crippen LogP contribution < -0.4 is 15.1 Å². The summed E-state index contributed by atoms with van der Waals surface area (Å²) in [6.07, 6.45) is 5.57. The number of likely N-dealkylation sites (N-methyl/N-ethyl adjacent to an activating group) is 1. The van der Waals surface area contributed by atoms with E-state index in [2.05, 4.69) is 15.3 Å². The Morgan fingerprint density at radius 1 is 1.16 bits per heavy atom. The number of aromatic nitrogens is 3. The van der Waals surface area contributed by atoms with E-state index in [0.717, 1.165) is 0 Å². The van der Waals surface area contributed by atoms with Crippen molar-refractivity contribution in [2.24, 2.45) is 0 Å². The second kappa shape index (κ2) is 8.74. The summed E-state index contributed by atoms with van der Waals surface area (Å²) in [7, 11) is 1.75. The highest BCUT2D eigenvalue weighted by atomic mass is 16.2. The lowest BCUT2D eigenvalue weighted by molar-refractivity contribution is -0.120. The molecule has 1 atom stereocenters. The molecule has 164 valence electrons. The van der Waals surface area contributed by atoms with Crippen LogP contribution in [-0.2, 0) is 4.79 Å². The molecule has 32 heavy (non-hydrogen) atoms. The van der Waals surface area contributed by atoms with Crippen LogP contribution in [0.4, 0.5) is 17.2 Å². The van der Waals surface area contributed by atoms with Crippen LogP contribution in [0.15, 0.2) is 55.0 Å². The van der Waals surface area contributed by atoms with E-state index in [0.29, 0.717) is 40.6 Å². The van der Waals surface area contributed by atoms with Gasteiger partial charge in [0.15, 0.2) is 11.6 Å². The average molecular weight is 431 g/mol. The van der Waals surface area contributed by atoms with E-state index in [4.69, 9.17) is 4.98 Å². The molecule has 1 aromatic carbocycles. The van der Waals surface area contributed by atoms with Crippen molar-refractivity contribution < 1.29 is 9.59 Å². The van der Waals surface area contributed by atoms with Crippen molar-refractivity contribution >= 4 is 29.0 Å². The van der Waals surface area contributed by atoms with E-state index in [9.17, 15) is 9.59 Å². The molecule has 1 aliphatic heterocycles. The van der Waals surface area contributed by atoms with Crippen LogP contribution in [0.25, 0.3) is 11.4 Å². The lowest BCUT2D eigenvalue weighted by atomic mass is 10.1. The van der Waals surface area contributed by atoms with Crippen LogP contribution >= 0.6 is 0 Å². The van der Waals surface area contributed by atoms with Gasteiger partial charge in [-0.3, -0.25) is 14.6 Å². The van der Waals surface area contributed by atoms with Gasteiger partial charge in [0.25, 0.3) is 5.91 Å². The third-order valence-corrected chi connectivity index (χ3v) is 5.60. The quantitative estimate of drug-likeness (QED) is 0.663. The highest BCUT2D eigenvalue weighted by Gasteiger charge is 2.38. The normalized spacial score (nSPS) is 15.7. The summed E-state index contributed by atoms with van der Waals surface area (Å²) in [6.45, 7) is 6.09. The molecule has 3 aromatic rings. The molecule has 8 nitrogen and oxygen atoms in total. The summed E-state index contributed by atoms with van der Waals surface area (Å²) in [5, 5.41) is 2.92. The van der Waals surface area contributed by atoms with E-state index in [-0.39, 0.29) is 23.9 Å². The third-order valence-electron chi connectivity index (χ3n) is 5.60. The number of anilines is 3. The first-order chi connectivity index (χ1) is 15.4. The Balaban J connectivity index is 1.76. The van der Waals surface area contributed by atoms with Gasteiger partial charge >= 0.3 is 0 Å². The Bertz CT molecular complexity index is 1150. The van der Waals surface area contributed by atoms with Crippen molar-refractivity contribution in [3.63, 3.8) is 0 Å². The lowest BCUT2D eigenvalue weighted by Crippen LogP contribution is -2.54. The van der Waals surface area contributed by atoms with E-state index >= 15 is 0 Å². The molecule has 1 N–H and O–H groups in total. The Morgan fingerprint density at radius 2 is 1.91 bits per heavy atom. The highest BCUT2D eigenvalue weighted by Crippen LogP contribution is 2.37. The summed E-state index contributed by atoms with van der Waals surface area (Å²) >= 11 is 0. The van der Waals surface area contributed by atoms with Crippen LogP contribution in [0, 0.1) is 0 Å². The van der Waals surface area contributed by atoms with E-state index in [1.54, 1.807) is 48.7 Å². The maximum atomic E-state index is 12.9. The number of carbonyl (C=O) groups is 2. The van der Waals surface area contributed by atoms with Crippen molar-refractivity contribution in [2.75, 3.05) is 22.2 Å². The van der Waals surface area contributed by atoms with Crippen molar-refractivity contribution in [3.8, 4) is 11.4 Å². The molecule has 0 radical (unpaired) electrons. The predicted octanol–water partition coefficient (Wildman–Crippen LogP) is 3.76. The fourth-order valence-electron chi connectivity index (χ4n) is 3.98. The maximum Gasteiger partial charge on any atom is 0.255 e. The van der Waals surface area contributed by atoms with Gasteiger partial charge in [0.05, 0.1) is 18.1 Å². The number of carbonyl (C=O) groups excluding carboxylic acids is 2. The number of fused-ring (bicyclic) bond motifs is 1. The zero-order valence-electron chi connectivity index (χ0n) is 18.6. The molecule has 0 saturated carbocycles. The second-order valence-electron chi connectivity index (χ2n) is 7.97. The SMILES string of the molecule is CC[C@@H]1C(=O)N(C)c2cnc(-c3ccncc3NC(=O)c3ccccc3)nc2N1C(C)C. The number of hydrogen-bond donors (Lipinski definition) is 1. The topological polar surface area (TPSA) is 91.3 Å². The smallest absolute Gasteiger partial charge is 0.255 e. The maximum absolute atomic E-state index is 12.9. The number of pyridine rings is 1. The van der Waals surface area contributed by atoms with Crippen LogP contribution in [0.5, 0.6) is 0 Å². The van der Waals surface area contributed by atoms with Crippen LogP contribution in [0.2, 0.25) is 0 Å². The summed E-state index contributed by atoms with van der Waals surface area (Å²) < 4.78 is 0. The molecule has 0 fully saturated rings. The number of nitrogens with one attached hydrogen (secondary N) is 1. The molecule has 3 heterocycles. The summed E-state index contributed by atoms with van der Waals surface area (Å²) in [4.78, 5) is 42.8. The number of benzene rings is 1. The summed E-state index contributed by atoms with van der Waals surface area (Å²) in [5.41, 5.74) is 2.39. The monoisotopic (exact) mass is 430 g/mol. The first kappa shape index (κ1) is 21.4. The van der Waals surface area contributed by atoms with E-state index in [1.165, 1.54) is 0 Å². The molecular formula is C24H26N6O2. The van der Waals surface area contributed by atoms with Gasteiger partial charge < -0.3 is 15.1 Å². The molecule has 0 bridgehead atoms. The Kier molecular flexibility index (Phi) is 5.85. The summed E-state index contributed by atoms with van der Waals surface area (Å²) in [6, 6.07) is 10.6. The van der Waals surface area contributed by atoms with Gasteiger partial charge in [-0.1, -0.05) is 25.1 Å². The standard InChI is InChI=1S/C24H26N6O2/c1-5-19-24(32)29(4)20-14-26-21(28-22(20)30(19)15(2)3)17-11-12-25-13-18(17)27-23(31)16-9-7-6-8-10-16/h6-15,19H,5H2,1-4H3,(H,27,31)/t19-/m1/s1. The second-order valence-corrected chi connectivity index (χ2v) is 7.97. The fourth-order valence-corrected chi connectivity index (χ4v) is 3.98. The van der Waals surface area contributed by atoms with Gasteiger partial charge in [-0.25, -0.2) is 9.97 Å². The van der Waals surface area contributed by atoms with Gasteiger partial charge in [-0.15, -0.1) is 0 Å². The molecule has 0 aliphatic carbocycles. The van der Waals surface area contributed by atoms with Crippen LogP contribution in [-0.4, -0.2) is 45.9 Å². The minimum absolute atomic E-state index is 0.0322. The summed E-state index contributed by atoms with van der Waals surface area (Å²) in [5.74, 6) is 0.955. The van der Waals surface area contributed by atoms with E-state index in [1.807, 2.05) is 43.9 Å². The van der Waals surface area contributed by atoms with Crippen molar-refractivity contribution in [1.82, 2.24) is 15.0 Å². The zero-order chi connectivity index (χ0) is 22.8. The first-order valence-electron chi connectivity index (χ1n) is 10.7.